The molecule has 4 nitrogen and oxygen atoms in total. The van der Waals surface area contributed by atoms with E-state index in [2.05, 4.69) is 5.32 Å². The number of halogens is 2. The van der Waals surface area contributed by atoms with Crippen LogP contribution < -0.4 is 14.8 Å². The Hall–Kier alpha value is -2.17. The van der Waals surface area contributed by atoms with E-state index in [1.807, 2.05) is 6.07 Å². The average molecular weight is 352 g/mol. The molecule has 0 saturated carbocycles. The third kappa shape index (κ3) is 4.65. The van der Waals surface area contributed by atoms with Gasteiger partial charge in [0.2, 0.25) is 5.91 Å². The normalized spacial score (nSPS) is 10.6. The standard InChI is InChI=1S/C17H15Cl2NO3/c1-22-15-7-3-11(9-16(15)23-2)4-8-17(21)20-12-5-6-13(18)14(19)10-12/h3-10H,1-2H3,(H,20,21). The molecule has 0 aliphatic carbocycles. The number of carbonyl (C=O) groups excluding carboxylic acids is 1. The third-order valence-corrected chi connectivity index (χ3v) is 3.76. The molecule has 2 rings (SSSR count). The minimum atomic E-state index is -0.279. The van der Waals surface area contributed by atoms with Gasteiger partial charge in [-0.25, -0.2) is 0 Å². The van der Waals surface area contributed by atoms with E-state index in [9.17, 15) is 4.79 Å². The fourth-order valence-corrected chi connectivity index (χ4v) is 2.18. The molecule has 0 saturated heterocycles. The number of methoxy groups -OCH3 is 2. The summed E-state index contributed by atoms with van der Waals surface area (Å²) in [6.07, 6.45) is 3.10. The molecule has 0 fully saturated rings. The van der Waals surface area contributed by atoms with Crippen molar-refractivity contribution in [1.29, 1.82) is 0 Å². The molecular formula is C17H15Cl2NO3. The lowest BCUT2D eigenvalue weighted by Crippen LogP contribution is -2.07. The third-order valence-electron chi connectivity index (χ3n) is 3.02. The predicted molar refractivity (Wildman–Crippen MR) is 93.7 cm³/mol. The van der Waals surface area contributed by atoms with Gasteiger partial charge in [-0.05, 0) is 42.0 Å². The van der Waals surface area contributed by atoms with Crippen molar-refractivity contribution in [2.24, 2.45) is 0 Å². The zero-order valence-corrected chi connectivity index (χ0v) is 14.1. The van der Waals surface area contributed by atoms with Gasteiger partial charge < -0.3 is 14.8 Å². The summed E-state index contributed by atoms with van der Waals surface area (Å²) in [5, 5.41) is 3.52. The van der Waals surface area contributed by atoms with Crippen LogP contribution in [0.15, 0.2) is 42.5 Å². The minimum Gasteiger partial charge on any atom is -0.493 e. The molecule has 6 heteroatoms. The number of anilines is 1. The minimum absolute atomic E-state index is 0.279. The molecule has 2 aromatic rings. The maximum absolute atomic E-state index is 11.9. The second-order valence-electron chi connectivity index (χ2n) is 4.57. The fourth-order valence-electron chi connectivity index (χ4n) is 1.89. The summed E-state index contributed by atoms with van der Waals surface area (Å²) >= 11 is 11.7. The summed E-state index contributed by atoms with van der Waals surface area (Å²) in [5.74, 6) is 0.947. The van der Waals surface area contributed by atoms with Crippen LogP contribution in [-0.4, -0.2) is 20.1 Å². The van der Waals surface area contributed by atoms with Gasteiger partial charge in [0.15, 0.2) is 11.5 Å². The molecule has 1 amide bonds. The fraction of sp³-hybridized carbons (Fsp3) is 0.118. The molecule has 0 aliphatic heterocycles. The maximum Gasteiger partial charge on any atom is 0.248 e. The van der Waals surface area contributed by atoms with Crippen molar-refractivity contribution in [1.82, 2.24) is 0 Å². The molecule has 120 valence electrons. The second-order valence-corrected chi connectivity index (χ2v) is 5.38. The van der Waals surface area contributed by atoms with Crippen LogP contribution in [-0.2, 0) is 4.79 Å². The van der Waals surface area contributed by atoms with Gasteiger partial charge in [-0.2, -0.15) is 0 Å². The van der Waals surface area contributed by atoms with Gasteiger partial charge in [0, 0.05) is 11.8 Å². The average Bonchev–Trinajstić information content (AvgIpc) is 2.56. The lowest BCUT2D eigenvalue weighted by atomic mass is 10.2. The van der Waals surface area contributed by atoms with Gasteiger partial charge in [-0.15, -0.1) is 0 Å². The topological polar surface area (TPSA) is 47.6 Å². The van der Waals surface area contributed by atoms with Gasteiger partial charge in [-0.1, -0.05) is 29.3 Å². The largest absolute Gasteiger partial charge is 0.493 e. The molecule has 2 aromatic carbocycles. The quantitative estimate of drug-likeness (QED) is 0.796. The Balaban J connectivity index is 2.07. The molecule has 0 bridgehead atoms. The smallest absolute Gasteiger partial charge is 0.248 e. The number of hydrogen-bond donors (Lipinski definition) is 1. The highest BCUT2D eigenvalue weighted by molar-refractivity contribution is 6.42. The predicted octanol–water partition coefficient (Wildman–Crippen LogP) is 4.66. The summed E-state index contributed by atoms with van der Waals surface area (Å²) in [5.41, 5.74) is 1.38. The SMILES string of the molecule is COc1ccc(C=CC(=O)Nc2ccc(Cl)c(Cl)c2)cc1OC. The summed E-state index contributed by atoms with van der Waals surface area (Å²) in [4.78, 5) is 11.9. The maximum atomic E-state index is 11.9. The zero-order chi connectivity index (χ0) is 16.8. The van der Waals surface area contributed by atoms with Crippen LogP contribution in [0.5, 0.6) is 11.5 Å². The molecule has 0 heterocycles. The van der Waals surface area contributed by atoms with Gasteiger partial charge >= 0.3 is 0 Å². The van der Waals surface area contributed by atoms with Crippen molar-refractivity contribution in [3.05, 3.63) is 58.1 Å². The first-order valence-electron chi connectivity index (χ1n) is 6.69. The van der Waals surface area contributed by atoms with Gasteiger partial charge in [0.1, 0.15) is 0 Å². The van der Waals surface area contributed by atoms with Crippen LogP contribution in [0.2, 0.25) is 10.0 Å². The second kappa shape index (κ2) is 7.90. The Kier molecular flexibility index (Phi) is 5.90. The van der Waals surface area contributed by atoms with Crippen LogP contribution in [0.4, 0.5) is 5.69 Å². The molecular weight excluding hydrogens is 337 g/mol. The van der Waals surface area contributed by atoms with E-state index in [4.69, 9.17) is 32.7 Å². The van der Waals surface area contributed by atoms with Crippen molar-refractivity contribution < 1.29 is 14.3 Å². The summed E-state index contributed by atoms with van der Waals surface area (Å²) in [6.45, 7) is 0. The highest BCUT2D eigenvalue weighted by atomic mass is 35.5. The van der Waals surface area contributed by atoms with Crippen molar-refractivity contribution in [2.45, 2.75) is 0 Å². The van der Waals surface area contributed by atoms with Gasteiger partial charge in [-0.3, -0.25) is 4.79 Å². The number of ether oxygens (including phenoxy) is 2. The Morgan fingerprint density at radius 1 is 1.00 bits per heavy atom. The molecule has 0 spiro atoms. The van der Waals surface area contributed by atoms with Crippen molar-refractivity contribution in [3.8, 4) is 11.5 Å². The van der Waals surface area contributed by atoms with Crippen LogP contribution in [0.3, 0.4) is 0 Å². The first kappa shape index (κ1) is 17.2. The molecule has 0 atom stereocenters. The van der Waals surface area contributed by atoms with E-state index in [1.54, 1.807) is 50.6 Å². The lowest BCUT2D eigenvalue weighted by molar-refractivity contribution is -0.111. The van der Waals surface area contributed by atoms with E-state index < -0.39 is 0 Å². The molecule has 1 N–H and O–H groups in total. The number of rotatable bonds is 5. The molecule has 23 heavy (non-hydrogen) atoms. The van der Waals surface area contributed by atoms with Gasteiger partial charge in [0.05, 0.1) is 24.3 Å². The number of nitrogens with one attached hydrogen (secondary N) is 1. The Morgan fingerprint density at radius 3 is 2.39 bits per heavy atom. The number of benzene rings is 2. The number of hydrogen-bond acceptors (Lipinski definition) is 3. The lowest BCUT2D eigenvalue weighted by Gasteiger charge is -2.07. The van der Waals surface area contributed by atoms with Crippen molar-refractivity contribution in [2.75, 3.05) is 19.5 Å². The Labute approximate surface area is 144 Å². The van der Waals surface area contributed by atoms with Crippen LogP contribution >= 0.6 is 23.2 Å². The molecule has 0 aliphatic rings. The van der Waals surface area contributed by atoms with Crippen molar-refractivity contribution >= 4 is 40.9 Å². The van der Waals surface area contributed by atoms with Crippen LogP contribution in [0, 0.1) is 0 Å². The Bertz CT molecular complexity index is 745. The first-order valence-corrected chi connectivity index (χ1v) is 7.45. The van der Waals surface area contributed by atoms with Crippen LogP contribution in [0.1, 0.15) is 5.56 Å². The summed E-state index contributed by atoms with van der Waals surface area (Å²) in [6, 6.07) is 10.3. The van der Waals surface area contributed by atoms with E-state index in [0.29, 0.717) is 27.2 Å². The van der Waals surface area contributed by atoms with E-state index in [-0.39, 0.29) is 5.91 Å². The zero-order valence-electron chi connectivity index (χ0n) is 12.6. The number of amides is 1. The highest BCUT2D eigenvalue weighted by Gasteiger charge is 2.04. The van der Waals surface area contributed by atoms with E-state index >= 15 is 0 Å². The monoisotopic (exact) mass is 351 g/mol. The highest BCUT2D eigenvalue weighted by Crippen LogP contribution is 2.28. The van der Waals surface area contributed by atoms with E-state index in [1.165, 1.54) is 6.08 Å². The molecule has 0 radical (unpaired) electrons. The Morgan fingerprint density at radius 2 is 1.74 bits per heavy atom. The van der Waals surface area contributed by atoms with Gasteiger partial charge in [0.25, 0.3) is 0 Å². The number of carbonyl (C=O) groups is 1. The molecule has 0 aromatic heterocycles. The van der Waals surface area contributed by atoms with Crippen molar-refractivity contribution in [3.63, 3.8) is 0 Å². The first-order chi connectivity index (χ1) is 11.0. The van der Waals surface area contributed by atoms with E-state index in [0.717, 1.165) is 5.56 Å². The van der Waals surface area contributed by atoms with Crippen LogP contribution in [0.25, 0.3) is 6.08 Å². The molecule has 0 unspecified atom stereocenters. The summed E-state index contributed by atoms with van der Waals surface area (Å²) in [7, 11) is 3.13. The summed E-state index contributed by atoms with van der Waals surface area (Å²) < 4.78 is 10.4.